The van der Waals surface area contributed by atoms with E-state index >= 15 is 0 Å². The number of sulfonamides is 1. The van der Waals surface area contributed by atoms with Crippen LogP contribution in [0.25, 0.3) is 27.7 Å². The number of fused-ring (bicyclic) bond motifs is 2. The molecule has 1 atom stereocenters. The van der Waals surface area contributed by atoms with Gasteiger partial charge in [0, 0.05) is 18.3 Å². The van der Waals surface area contributed by atoms with Gasteiger partial charge in [-0.25, -0.2) is 35.5 Å². The zero-order valence-electron chi connectivity index (χ0n) is 20.8. The molecule has 4 heterocycles. The molecule has 0 aliphatic carbocycles. The Kier molecular flexibility index (Phi) is 6.46. The molecule has 204 valence electrons. The summed E-state index contributed by atoms with van der Waals surface area (Å²) >= 11 is 0. The second-order valence-corrected chi connectivity index (χ2v) is 11.1. The molecular formula is C23H25F4N7O3S. The van der Waals surface area contributed by atoms with Crippen molar-refractivity contribution in [2.45, 2.75) is 31.9 Å². The molecule has 1 aromatic carbocycles. The van der Waals surface area contributed by atoms with Gasteiger partial charge >= 0.3 is 0 Å². The van der Waals surface area contributed by atoms with Gasteiger partial charge in [-0.2, -0.15) is 9.29 Å². The zero-order valence-corrected chi connectivity index (χ0v) is 21.6. The van der Waals surface area contributed by atoms with Crippen molar-refractivity contribution in [2.75, 3.05) is 38.4 Å². The van der Waals surface area contributed by atoms with Gasteiger partial charge in [0.2, 0.25) is 21.9 Å². The van der Waals surface area contributed by atoms with Crippen molar-refractivity contribution in [3.63, 3.8) is 0 Å². The van der Waals surface area contributed by atoms with E-state index in [0.717, 1.165) is 10.6 Å². The molecule has 1 N–H and O–H groups in total. The van der Waals surface area contributed by atoms with Gasteiger partial charge in [0.15, 0.2) is 5.82 Å². The van der Waals surface area contributed by atoms with Crippen molar-refractivity contribution in [1.29, 1.82) is 0 Å². The minimum atomic E-state index is -3.76. The summed E-state index contributed by atoms with van der Waals surface area (Å²) in [6, 6.07) is 3.23. The number of aryl methyl sites for hydroxylation is 2. The molecule has 38 heavy (non-hydrogen) atoms. The lowest BCUT2D eigenvalue weighted by molar-refractivity contribution is -0.0541. The summed E-state index contributed by atoms with van der Waals surface area (Å²) in [5.41, 5.74) is 1.87. The summed E-state index contributed by atoms with van der Waals surface area (Å²) in [5.74, 6) is -3.58. The smallest absolute Gasteiger partial charge is 0.281 e. The van der Waals surface area contributed by atoms with Crippen LogP contribution in [0, 0.1) is 12.7 Å². The highest BCUT2D eigenvalue weighted by atomic mass is 32.2. The molecule has 0 radical (unpaired) electrons. The molecule has 0 unspecified atom stereocenters. The minimum Gasteiger partial charge on any atom is -0.479 e. The second-order valence-electron chi connectivity index (χ2n) is 9.14. The summed E-state index contributed by atoms with van der Waals surface area (Å²) < 4.78 is 90.2. The monoisotopic (exact) mass is 555 g/mol. The van der Waals surface area contributed by atoms with Crippen LogP contribution < -0.4 is 10.1 Å². The van der Waals surface area contributed by atoms with E-state index in [-0.39, 0.29) is 36.9 Å². The van der Waals surface area contributed by atoms with Crippen LogP contribution in [-0.2, 0) is 16.6 Å². The minimum absolute atomic E-state index is 0.0247. The number of piperidine rings is 1. The van der Waals surface area contributed by atoms with Gasteiger partial charge in [-0.05, 0) is 37.1 Å². The number of halogens is 4. The quantitative estimate of drug-likeness (QED) is 0.349. The first-order chi connectivity index (χ1) is 17.9. The molecular weight excluding hydrogens is 530 g/mol. The Morgan fingerprint density at radius 1 is 1.26 bits per heavy atom. The molecule has 4 aromatic rings. The van der Waals surface area contributed by atoms with Crippen molar-refractivity contribution in [3.8, 4) is 17.0 Å². The lowest BCUT2D eigenvalue weighted by atomic mass is 10.0. The highest BCUT2D eigenvalue weighted by Gasteiger charge is 2.47. The maximum atomic E-state index is 15.0. The average molecular weight is 556 g/mol. The summed E-state index contributed by atoms with van der Waals surface area (Å²) in [6.45, 7) is 0.0190. The Morgan fingerprint density at radius 2 is 2.03 bits per heavy atom. The van der Waals surface area contributed by atoms with Gasteiger partial charge in [-0.15, -0.1) is 5.10 Å². The molecule has 1 saturated heterocycles. The molecule has 0 bridgehead atoms. The molecule has 5 rings (SSSR count). The standard InChI is InChI=1S/C23H25F4N7O3S/c1-13-28-19-16(25)10-14(11-17(19)33(13)9-6-24)15-4-8-34-20(15)21(37-2)30-22(31-34)29-18-5-7-32(38(3,35)36)12-23(18,26)27/h4,8,10-11,18H,5-7,9,12H2,1-3H3,(H,29,31)/t18-/m1/s1. The normalized spacial score (nSPS) is 18.3. The third-order valence-corrected chi connectivity index (χ3v) is 7.88. The first-order valence-corrected chi connectivity index (χ1v) is 13.5. The van der Waals surface area contributed by atoms with Gasteiger partial charge in [-0.3, -0.25) is 0 Å². The van der Waals surface area contributed by atoms with Crippen LogP contribution in [0.3, 0.4) is 0 Å². The number of ether oxygens (including phenoxy) is 1. The second kappa shape index (κ2) is 9.38. The first kappa shape index (κ1) is 26.2. The lowest BCUT2D eigenvalue weighted by Crippen LogP contribution is -2.55. The summed E-state index contributed by atoms with van der Waals surface area (Å²) in [5, 5.41) is 6.90. The maximum absolute atomic E-state index is 15.0. The lowest BCUT2D eigenvalue weighted by Gasteiger charge is -2.37. The fourth-order valence-electron chi connectivity index (χ4n) is 4.77. The van der Waals surface area contributed by atoms with E-state index in [2.05, 4.69) is 20.4 Å². The Bertz CT molecular complexity index is 1640. The number of nitrogens with zero attached hydrogens (tertiary/aromatic N) is 6. The Labute approximate surface area is 215 Å². The average Bonchev–Trinajstić information content (AvgIpc) is 3.41. The van der Waals surface area contributed by atoms with Crippen molar-refractivity contribution in [3.05, 3.63) is 36.0 Å². The number of aromatic nitrogens is 5. The third-order valence-electron chi connectivity index (χ3n) is 6.63. The maximum Gasteiger partial charge on any atom is 0.281 e. The Hall–Kier alpha value is -3.46. The van der Waals surface area contributed by atoms with Crippen LogP contribution >= 0.6 is 0 Å². The molecule has 3 aromatic heterocycles. The number of imidazole rings is 1. The Morgan fingerprint density at radius 3 is 2.68 bits per heavy atom. The fourth-order valence-corrected chi connectivity index (χ4v) is 5.62. The molecule has 1 fully saturated rings. The van der Waals surface area contributed by atoms with Crippen LogP contribution in [-0.4, -0.2) is 82.0 Å². The van der Waals surface area contributed by atoms with Crippen LogP contribution in [0.15, 0.2) is 24.4 Å². The molecule has 0 saturated carbocycles. The third kappa shape index (κ3) is 4.53. The SMILES string of the molecule is COc1nc(N[C@@H]2CCN(S(C)(=O)=O)CC2(F)F)nn2ccc(-c3cc(F)c4nc(C)n(CCF)c4c3)c12. The summed E-state index contributed by atoms with van der Waals surface area (Å²) in [6.07, 6.45) is 2.28. The molecule has 1 aliphatic heterocycles. The Balaban J connectivity index is 1.52. The topological polar surface area (TPSA) is 107 Å². The van der Waals surface area contributed by atoms with E-state index in [9.17, 15) is 26.0 Å². The van der Waals surface area contributed by atoms with E-state index in [1.807, 2.05) is 0 Å². The van der Waals surface area contributed by atoms with Gasteiger partial charge in [0.1, 0.15) is 23.5 Å². The van der Waals surface area contributed by atoms with Crippen molar-refractivity contribution < 1.29 is 30.7 Å². The van der Waals surface area contributed by atoms with Crippen LogP contribution in [0.2, 0.25) is 0 Å². The van der Waals surface area contributed by atoms with Gasteiger partial charge in [0.25, 0.3) is 5.92 Å². The number of rotatable bonds is 7. The largest absolute Gasteiger partial charge is 0.479 e. The predicted molar refractivity (Wildman–Crippen MR) is 132 cm³/mol. The fraction of sp³-hybridized carbons (Fsp3) is 0.435. The predicted octanol–water partition coefficient (Wildman–Crippen LogP) is 3.25. The molecule has 10 nitrogen and oxygen atoms in total. The molecule has 0 amide bonds. The molecule has 0 spiro atoms. The van der Waals surface area contributed by atoms with E-state index in [1.165, 1.54) is 17.7 Å². The van der Waals surface area contributed by atoms with Crippen LogP contribution in [0.5, 0.6) is 5.88 Å². The van der Waals surface area contributed by atoms with Crippen molar-refractivity contribution in [1.82, 2.24) is 28.5 Å². The van der Waals surface area contributed by atoms with Crippen molar-refractivity contribution >= 4 is 32.5 Å². The number of alkyl halides is 3. The van der Waals surface area contributed by atoms with Crippen LogP contribution in [0.1, 0.15) is 12.2 Å². The number of benzene rings is 1. The zero-order chi connectivity index (χ0) is 27.4. The number of methoxy groups -OCH3 is 1. The summed E-state index contributed by atoms with van der Waals surface area (Å²) in [4.78, 5) is 8.46. The van der Waals surface area contributed by atoms with E-state index in [1.54, 1.807) is 29.8 Å². The van der Waals surface area contributed by atoms with E-state index < -0.39 is 41.0 Å². The van der Waals surface area contributed by atoms with Crippen molar-refractivity contribution in [2.24, 2.45) is 0 Å². The highest BCUT2D eigenvalue weighted by Crippen LogP contribution is 2.35. The molecule has 1 aliphatic rings. The number of anilines is 1. The highest BCUT2D eigenvalue weighted by molar-refractivity contribution is 7.88. The van der Waals surface area contributed by atoms with Gasteiger partial charge < -0.3 is 14.6 Å². The summed E-state index contributed by atoms with van der Waals surface area (Å²) in [7, 11) is -2.41. The molecule has 15 heteroatoms. The van der Waals surface area contributed by atoms with Crippen LogP contribution in [0.4, 0.5) is 23.5 Å². The van der Waals surface area contributed by atoms with Gasteiger partial charge in [0.05, 0.1) is 38.0 Å². The number of nitrogens with one attached hydrogen (secondary N) is 1. The van der Waals surface area contributed by atoms with E-state index in [4.69, 9.17) is 4.74 Å². The number of hydrogen-bond acceptors (Lipinski definition) is 7. The first-order valence-electron chi connectivity index (χ1n) is 11.7. The van der Waals surface area contributed by atoms with Gasteiger partial charge in [-0.1, -0.05) is 0 Å². The number of hydrogen-bond donors (Lipinski definition) is 1. The van der Waals surface area contributed by atoms with E-state index in [0.29, 0.717) is 28.0 Å².